The molecule has 0 amide bonds. The first-order valence-corrected chi connectivity index (χ1v) is 8.91. The number of aromatic nitrogens is 2. The van der Waals surface area contributed by atoms with E-state index in [1.807, 2.05) is 6.92 Å². The number of aromatic amines is 2. The van der Waals surface area contributed by atoms with Gasteiger partial charge in [0.25, 0.3) is 5.56 Å². The minimum Gasteiger partial charge on any atom is -0.494 e. The molecule has 0 aliphatic heterocycles. The predicted octanol–water partition coefficient (Wildman–Crippen LogP) is 1.89. The Morgan fingerprint density at radius 1 is 1.37 bits per heavy atom. The molecular formula is C20H24N2O5. The summed E-state index contributed by atoms with van der Waals surface area (Å²) in [6.45, 7) is 7.60. The summed E-state index contributed by atoms with van der Waals surface area (Å²) in [5.74, 6) is -1.45. The van der Waals surface area contributed by atoms with E-state index in [0.717, 1.165) is 5.56 Å². The molecule has 2 aromatic rings. The lowest BCUT2D eigenvalue weighted by Gasteiger charge is -2.40. The van der Waals surface area contributed by atoms with E-state index < -0.39 is 23.4 Å². The van der Waals surface area contributed by atoms with Crippen LogP contribution in [0.2, 0.25) is 0 Å². The molecule has 1 aromatic heterocycles. The van der Waals surface area contributed by atoms with Crippen molar-refractivity contribution in [2.24, 2.45) is 5.92 Å². The zero-order valence-electron chi connectivity index (χ0n) is 15.5. The number of esters is 1. The van der Waals surface area contributed by atoms with E-state index in [0.29, 0.717) is 23.6 Å². The number of carbonyl (C=O) groups is 1. The second-order valence-electron chi connectivity index (χ2n) is 6.88. The van der Waals surface area contributed by atoms with Crippen molar-refractivity contribution in [3.63, 3.8) is 0 Å². The standard InChI is InChI=1S/C20H24N2O5/c1-4-10-27-19(24)17-15(12-6-8-13(9-7-12)26-5-2)16-14(11-20(17,3)25)21-22-18(16)23/h4,6-9,15,17,25H,1,5,10-11H2,2-3H3,(H2,21,22,23). The van der Waals surface area contributed by atoms with E-state index in [1.54, 1.807) is 31.2 Å². The summed E-state index contributed by atoms with van der Waals surface area (Å²) < 4.78 is 10.7. The van der Waals surface area contributed by atoms with Crippen molar-refractivity contribution >= 4 is 5.97 Å². The lowest BCUT2D eigenvalue weighted by atomic mass is 9.66. The molecule has 1 aliphatic carbocycles. The average Bonchev–Trinajstić information content (AvgIpc) is 2.98. The van der Waals surface area contributed by atoms with E-state index in [2.05, 4.69) is 16.8 Å². The molecule has 0 saturated carbocycles. The summed E-state index contributed by atoms with van der Waals surface area (Å²) in [5.41, 5.74) is 0.0775. The van der Waals surface area contributed by atoms with Gasteiger partial charge in [0.15, 0.2) is 0 Å². The van der Waals surface area contributed by atoms with Gasteiger partial charge in [0, 0.05) is 23.6 Å². The minimum absolute atomic E-state index is 0.0394. The van der Waals surface area contributed by atoms with Crippen molar-refractivity contribution in [1.82, 2.24) is 10.2 Å². The molecule has 0 fully saturated rings. The summed E-state index contributed by atoms with van der Waals surface area (Å²) in [6, 6.07) is 7.19. The van der Waals surface area contributed by atoms with E-state index >= 15 is 0 Å². The Balaban J connectivity index is 2.11. The Morgan fingerprint density at radius 2 is 2.07 bits per heavy atom. The quantitative estimate of drug-likeness (QED) is 0.531. The highest BCUT2D eigenvalue weighted by molar-refractivity contribution is 5.77. The SMILES string of the molecule is C=CCOC(=O)C1C(c2ccc(OCC)cc2)c2c([nH][nH]c2=O)CC1(C)O. The minimum atomic E-state index is -1.39. The first kappa shape index (κ1) is 19.0. The van der Waals surface area contributed by atoms with Gasteiger partial charge in [-0.05, 0) is 31.5 Å². The molecular weight excluding hydrogens is 348 g/mol. The Hall–Kier alpha value is -2.80. The van der Waals surface area contributed by atoms with E-state index in [-0.39, 0.29) is 18.6 Å². The average molecular weight is 372 g/mol. The summed E-state index contributed by atoms with van der Waals surface area (Å²) >= 11 is 0. The van der Waals surface area contributed by atoms with Gasteiger partial charge in [0.05, 0.1) is 18.1 Å². The van der Waals surface area contributed by atoms with Gasteiger partial charge in [0.1, 0.15) is 12.4 Å². The molecule has 0 radical (unpaired) electrons. The number of fused-ring (bicyclic) bond motifs is 1. The molecule has 0 bridgehead atoms. The van der Waals surface area contributed by atoms with Gasteiger partial charge >= 0.3 is 5.97 Å². The largest absolute Gasteiger partial charge is 0.494 e. The van der Waals surface area contributed by atoms with Crippen LogP contribution in [0.3, 0.4) is 0 Å². The molecule has 3 unspecified atom stereocenters. The number of H-pyrrole nitrogens is 2. The number of hydrogen-bond donors (Lipinski definition) is 3. The highest BCUT2D eigenvalue weighted by atomic mass is 16.5. The third kappa shape index (κ3) is 3.55. The number of hydrogen-bond acceptors (Lipinski definition) is 5. The fourth-order valence-electron chi connectivity index (χ4n) is 3.78. The van der Waals surface area contributed by atoms with Crippen LogP contribution in [-0.2, 0) is 16.0 Å². The molecule has 0 saturated heterocycles. The van der Waals surface area contributed by atoms with Crippen LogP contribution in [0.25, 0.3) is 0 Å². The molecule has 7 nitrogen and oxygen atoms in total. The third-order valence-electron chi connectivity index (χ3n) is 4.89. The molecule has 1 aromatic carbocycles. The van der Waals surface area contributed by atoms with Crippen molar-refractivity contribution in [2.75, 3.05) is 13.2 Å². The number of benzene rings is 1. The second kappa shape index (κ2) is 7.44. The van der Waals surface area contributed by atoms with Gasteiger partial charge in [-0.2, -0.15) is 0 Å². The van der Waals surface area contributed by atoms with Crippen LogP contribution < -0.4 is 10.3 Å². The van der Waals surface area contributed by atoms with Crippen LogP contribution in [0, 0.1) is 5.92 Å². The Bertz CT molecular complexity index is 879. The van der Waals surface area contributed by atoms with Crippen LogP contribution in [0.4, 0.5) is 0 Å². The fraction of sp³-hybridized carbons (Fsp3) is 0.400. The summed E-state index contributed by atoms with van der Waals surface area (Å²) in [4.78, 5) is 25.2. The Morgan fingerprint density at radius 3 is 2.70 bits per heavy atom. The monoisotopic (exact) mass is 372 g/mol. The number of ether oxygens (including phenoxy) is 2. The first-order valence-electron chi connectivity index (χ1n) is 8.91. The number of rotatable bonds is 6. The van der Waals surface area contributed by atoms with Crippen molar-refractivity contribution in [3.8, 4) is 5.75 Å². The van der Waals surface area contributed by atoms with Gasteiger partial charge in [-0.15, -0.1) is 0 Å². The topological polar surface area (TPSA) is 104 Å². The van der Waals surface area contributed by atoms with Crippen LogP contribution in [-0.4, -0.2) is 40.1 Å². The van der Waals surface area contributed by atoms with E-state index in [4.69, 9.17) is 9.47 Å². The van der Waals surface area contributed by atoms with Crippen molar-refractivity contribution in [1.29, 1.82) is 0 Å². The van der Waals surface area contributed by atoms with Gasteiger partial charge in [0.2, 0.25) is 0 Å². The maximum Gasteiger partial charge on any atom is 0.313 e. The van der Waals surface area contributed by atoms with Gasteiger partial charge in [-0.3, -0.25) is 14.7 Å². The zero-order valence-corrected chi connectivity index (χ0v) is 15.5. The zero-order chi connectivity index (χ0) is 19.6. The van der Waals surface area contributed by atoms with Crippen LogP contribution in [0.15, 0.2) is 41.7 Å². The molecule has 1 aliphatic rings. The molecule has 144 valence electrons. The predicted molar refractivity (Wildman–Crippen MR) is 99.8 cm³/mol. The smallest absolute Gasteiger partial charge is 0.313 e. The maximum absolute atomic E-state index is 12.8. The lowest BCUT2D eigenvalue weighted by Crippen LogP contribution is -2.50. The maximum atomic E-state index is 12.8. The Kier molecular flexibility index (Phi) is 5.23. The summed E-state index contributed by atoms with van der Waals surface area (Å²) in [5, 5.41) is 16.4. The number of nitrogens with one attached hydrogen (secondary N) is 2. The van der Waals surface area contributed by atoms with Crippen molar-refractivity contribution in [3.05, 3.63) is 64.1 Å². The van der Waals surface area contributed by atoms with Crippen molar-refractivity contribution < 1.29 is 19.4 Å². The van der Waals surface area contributed by atoms with Crippen LogP contribution in [0.1, 0.15) is 36.6 Å². The molecule has 3 atom stereocenters. The normalized spacial score (nSPS) is 24.1. The van der Waals surface area contributed by atoms with E-state index in [9.17, 15) is 14.7 Å². The fourth-order valence-corrected chi connectivity index (χ4v) is 3.78. The molecule has 1 heterocycles. The van der Waals surface area contributed by atoms with Crippen LogP contribution in [0.5, 0.6) is 5.75 Å². The van der Waals surface area contributed by atoms with Gasteiger partial charge in [-0.25, -0.2) is 0 Å². The lowest BCUT2D eigenvalue weighted by molar-refractivity contribution is -0.158. The first-order chi connectivity index (χ1) is 12.9. The highest BCUT2D eigenvalue weighted by Gasteiger charge is 2.51. The Labute approximate surface area is 157 Å². The number of carbonyl (C=O) groups excluding carboxylic acids is 1. The molecule has 3 rings (SSSR count). The summed E-state index contributed by atoms with van der Waals surface area (Å²) in [6.07, 6.45) is 1.61. The highest BCUT2D eigenvalue weighted by Crippen LogP contribution is 2.44. The molecule has 3 N–H and O–H groups in total. The van der Waals surface area contributed by atoms with Gasteiger partial charge in [-0.1, -0.05) is 24.8 Å². The molecule has 0 spiro atoms. The third-order valence-corrected chi connectivity index (χ3v) is 4.89. The molecule has 27 heavy (non-hydrogen) atoms. The van der Waals surface area contributed by atoms with Crippen LogP contribution >= 0.6 is 0 Å². The summed E-state index contributed by atoms with van der Waals surface area (Å²) in [7, 11) is 0. The number of aliphatic hydroxyl groups is 1. The van der Waals surface area contributed by atoms with Crippen molar-refractivity contribution in [2.45, 2.75) is 31.8 Å². The molecule has 7 heteroatoms. The van der Waals surface area contributed by atoms with Gasteiger partial charge < -0.3 is 19.7 Å². The van der Waals surface area contributed by atoms with E-state index in [1.165, 1.54) is 6.08 Å². The second-order valence-corrected chi connectivity index (χ2v) is 6.88.